The third-order valence-corrected chi connectivity index (χ3v) is 9.24. The minimum atomic E-state index is -0.619. The van der Waals surface area contributed by atoms with E-state index in [1.54, 1.807) is 19.4 Å². The monoisotopic (exact) mass is 440 g/mol. The van der Waals surface area contributed by atoms with Crippen molar-refractivity contribution in [1.29, 1.82) is 0 Å². The van der Waals surface area contributed by atoms with Crippen molar-refractivity contribution in [2.75, 3.05) is 0 Å². The van der Waals surface area contributed by atoms with Crippen molar-refractivity contribution in [1.82, 2.24) is 0 Å². The van der Waals surface area contributed by atoms with E-state index in [0.29, 0.717) is 23.8 Å². The number of rotatable bonds is 2. The number of carbonyl (C=O) groups is 3. The lowest BCUT2D eigenvalue weighted by molar-refractivity contribution is -0.130. The Morgan fingerprint density at radius 2 is 1.73 bits per heavy atom. The quantitative estimate of drug-likeness (QED) is 0.417. The van der Waals surface area contributed by atoms with Crippen molar-refractivity contribution >= 4 is 17.3 Å². The predicted octanol–water partition coefficient (Wildman–Crippen LogP) is 6.02. The summed E-state index contributed by atoms with van der Waals surface area (Å²) in [6, 6.07) is 7.39. The molecule has 0 unspecified atom stereocenters. The highest BCUT2D eigenvalue weighted by molar-refractivity contribution is 5.94. The first-order chi connectivity index (χ1) is 15.7. The normalized spacial score (nSPS) is 32.7. The standard InChI is InChI=1S/C30H32O3/c1-19(31)22-6-4-21(5-7-22)12-16-30(20(2)32)17-14-28-27-10-8-23-18-24(33)9-11-25(23)26(27)13-15-29(28,30)3/h4-7,18,27-28H,8-11,13-15,17H2,1-3H3/t27-,28+,29+,30-/m1/s1. The van der Waals surface area contributed by atoms with Crippen LogP contribution in [0.3, 0.4) is 0 Å². The highest BCUT2D eigenvalue weighted by Crippen LogP contribution is 2.67. The van der Waals surface area contributed by atoms with E-state index in [9.17, 15) is 14.4 Å². The van der Waals surface area contributed by atoms with Crippen LogP contribution < -0.4 is 0 Å². The zero-order valence-corrected chi connectivity index (χ0v) is 19.9. The number of allylic oxidation sites excluding steroid dienone is 4. The Labute approximate surface area is 196 Å². The molecule has 1 aromatic rings. The molecule has 0 aliphatic heterocycles. The number of carbonyl (C=O) groups excluding carboxylic acids is 3. The summed E-state index contributed by atoms with van der Waals surface area (Å²) in [5, 5.41) is 0. The molecule has 5 rings (SSSR count). The first-order valence-electron chi connectivity index (χ1n) is 12.4. The molecule has 0 amide bonds. The van der Waals surface area contributed by atoms with Crippen molar-refractivity contribution in [3.63, 3.8) is 0 Å². The van der Waals surface area contributed by atoms with Gasteiger partial charge in [0.25, 0.3) is 0 Å². The fourth-order valence-corrected chi connectivity index (χ4v) is 7.41. The summed E-state index contributed by atoms with van der Waals surface area (Å²) < 4.78 is 0. The lowest BCUT2D eigenvalue weighted by Gasteiger charge is -2.51. The van der Waals surface area contributed by atoms with Crippen LogP contribution in [-0.2, 0) is 9.59 Å². The molecule has 0 radical (unpaired) electrons. The van der Waals surface area contributed by atoms with Crippen LogP contribution in [-0.4, -0.2) is 17.3 Å². The van der Waals surface area contributed by atoms with Crippen molar-refractivity contribution in [2.45, 2.75) is 72.1 Å². The molecular formula is C30H32O3. The maximum absolute atomic E-state index is 13.2. The van der Waals surface area contributed by atoms with E-state index in [0.717, 1.165) is 50.5 Å². The third kappa shape index (κ3) is 3.38. The molecule has 1 aromatic carbocycles. The van der Waals surface area contributed by atoms with Crippen molar-refractivity contribution in [3.8, 4) is 11.8 Å². The maximum atomic E-state index is 13.2. The van der Waals surface area contributed by atoms with Crippen LogP contribution in [0.15, 0.2) is 47.1 Å². The highest BCUT2D eigenvalue weighted by Gasteiger charge is 2.62. The number of ketones is 3. The molecular weight excluding hydrogens is 408 g/mol. The lowest BCUT2D eigenvalue weighted by Crippen LogP contribution is -2.48. The Morgan fingerprint density at radius 1 is 0.970 bits per heavy atom. The van der Waals surface area contributed by atoms with Gasteiger partial charge in [-0.3, -0.25) is 14.4 Å². The van der Waals surface area contributed by atoms with E-state index in [4.69, 9.17) is 0 Å². The van der Waals surface area contributed by atoms with Crippen LogP contribution in [0.5, 0.6) is 0 Å². The SMILES string of the molecule is CC(=O)c1ccc(C#C[C@]2(C(C)=O)CC[C@H]3[C@@H]4CCC5=CC(=O)CCC5=C4CC[C@@]32C)cc1. The van der Waals surface area contributed by atoms with Crippen LogP contribution in [0.1, 0.15) is 88.1 Å². The van der Waals surface area contributed by atoms with Gasteiger partial charge in [0.2, 0.25) is 0 Å². The van der Waals surface area contributed by atoms with Crippen LogP contribution in [0.4, 0.5) is 0 Å². The van der Waals surface area contributed by atoms with E-state index in [1.165, 1.54) is 11.1 Å². The second-order valence-electron chi connectivity index (χ2n) is 10.7. The topological polar surface area (TPSA) is 51.2 Å². The average Bonchev–Trinajstić information content (AvgIpc) is 3.11. The zero-order valence-electron chi connectivity index (χ0n) is 19.9. The van der Waals surface area contributed by atoms with E-state index < -0.39 is 5.41 Å². The molecule has 4 atom stereocenters. The maximum Gasteiger partial charge on any atom is 0.159 e. The number of benzene rings is 1. The summed E-state index contributed by atoms with van der Waals surface area (Å²) in [7, 11) is 0. The van der Waals surface area contributed by atoms with Gasteiger partial charge in [0.05, 0.1) is 5.41 Å². The molecule has 0 saturated heterocycles. The molecule has 3 heteroatoms. The molecule has 0 bridgehead atoms. The van der Waals surface area contributed by atoms with Crippen LogP contribution in [0.2, 0.25) is 0 Å². The minimum Gasteiger partial charge on any atom is -0.298 e. The largest absolute Gasteiger partial charge is 0.298 e. The smallest absolute Gasteiger partial charge is 0.159 e. The molecule has 2 saturated carbocycles. The van der Waals surface area contributed by atoms with Gasteiger partial charge in [-0.2, -0.15) is 0 Å². The van der Waals surface area contributed by atoms with E-state index in [1.807, 2.05) is 30.3 Å². The highest BCUT2D eigenvalue weighted by atomic mass is 16.1. The van der Waals surface area contributed by atoms with Crippen LogP contribution in [0, 0.1) is 34.5 Å². The number of fused-ring (bicyclic) bond motifs is 4. The Kier molecular flexibility index (Phi) is 5.31. The molecule has 0 spiro atoms. The van der Waals surface area contributed by atoms with Gasteiger partial charge in [-0.25, -0.2) is 0 Å². The van der Waals surface area contributed by atoms with Gasteiger partial charge in [0.15, 0.2) is 11.6 Å². The molecule has 3 nitrogen and oxygen atoms in total. The molecule has 170 valence electrons. The zero-order chi connectivity index (χ0) is 23.4. The number of Topliss-reactive ketones (excluding diaryl/α,β-unsaturated/α-hetero) is 2. The molecule has 0 aromatic heterocycles. The summed E-state index contributed by atoms with van der Waals surface area (Å²) in [6.45, 7) is 5.60. The van der Waals surface area contributed by atoms with Gasteiger partial charge in [-0.05, 0) is 105 Å². The van der Waals surface area contributed by atoms with Gasteiger partial charge >= 0.3 is 0 Å². The van der Waals surface area contributed by atoms with Gasteiger partial charge in [0, 0.05) is 17.5 Å². The Bertz CT molecular complexity index is 1170. The Hall–Kier alpha value is -2.73. The van der Waals surface area contributed by atoms with Crippen molar-refractivity contribution in [3.05, 3.63) is 58.2 Å². The third-order valence-electron chi connectivity index (χ3n) is 9.24. The fourth-order valence-electron chi connectivity index (χ4n) is 7.41. The second-order valence-corrected chi connectivity index (χ2v) is 10.7. The van der Waals surface area contributed by atoms with Gasteiger partial charge in [-0.15, -0.1) is 0 Å². The molecule has 2 fully saturated rings. The Morgan fingerprint density at radius 3 is 2.42 bits per heavy atom. The second kappa shape index (κ2) is 7.94. The summed E-state index contributed by atoms with van der Waals surface area (Å²) in [5.74, 6) is 8.30. The molecule has 0 N–H and O–H groups in total. The minimum absolute atomic E-state index is 0.0424. The first-order valence-corrected chi connectivity index (χ1v) is 12.4. The first kappa shape index (κ1) is 22.1. The van der Waals surface area contributed by atoms with Crippen LogP contribution in [0.25, 0.3) is 0 Å². The van der Waals surface area contributed by atoms with Gasteiger partial charge in [0.1, 0.15) is 5.78 Å². The summed E-state index contributed by atoms with van der Waals surface area (Å²) >= 11 is 0. The molecule has 33 heavy (non-hydrogen) atoms. The summed E-state index contributed by atoms with van der Waals surface area (Å²) in [4.78, 5) is 36.7. The van der Waals surface area contributed by atoms with E-state index >= 15 is 0 Å². The fraction of sp³-hybridized carbons (Fsp3) is 0.500. The van der Waals surface area contributed by atoms with Crippen molar-refractivity contribution < 1.29 is 14.4 Å². The molecule has 4 aliphatic rings. The van der Waals surface area contributed by atoms with Gasteiger partial charge in [-0.1, -0.05) is 36.5 Å². The number of hydrogen-bond acceptors (Lipinski definition) is 3. The average molecular weight is 441 g/mol. The lowest BCUT2D eigenvalue weighted by atomic mass is 9.51. The molecule has 0 heterocycles. The molecule has 4 aliphatic carbocycles. The summed E-state index contributed by atoms with van der Waals surface area (Å²) in [5.41, 5.74) is 5.10. The predicted molar refractivity (Wildman–Crippen MR) is 129 cm³/mol. The van der Waals surface area contributed by atoms with Crippen molar-refractivity contribution in [2.24, 2.45) is 22.7 Å². The van der Waals surface area contributed by atoms with E-state index in [2.05, 4.69) is 18.8 Å². The Balaban J connectivity index is 1.50. The number of hydrogen-bond donors (Lipinski definition) is 0. The van der Waals surface area contributed by atoms with Gasteiger partial charge < -0.3 is 0 Å². The van der Waals surface area contributed by atoms with Crippen LogP contribution >= 0.6 is 0 Å². The summed E-state index contributed by atoms with van der Waals surface area (Å²) in [6.07, 6.45) is 9.36. The van der Waals surface area contributed by atoms with E-state index in [-0.39, 0.29) is 22.8 Å².